The summed E-state index contributed by atoms with van der Waals surface area (Å²) < 4.78 is 0.0865. The van der Waals surface area contributed by atoms with Gasteiger partial charge in [0.1, 0.15) is 4.49 Å². The van der Waals surface area contributed by atoms with Crippen molar-refractivity contribution in [2.24, 2.45) is 11.3 Å². The van der Waals surface area contributed by atoms with Crippen molar-refractivity contribution in [3.8, 4) is 0 Å². The molecule has 1 saturated carbocycles. The van der Waals surface area contributed by atoms with Crippen LogP contribution in [0, 0.1) is 11.3 Å². The molecule has 0 aromatic rings. The van der Waals surface area contributed by atoms with Gasteiger partial charge in [0.15, 0.2) is 0 Å². The van der Waals surface area contributed by atoms with Crippen molar-refractivity contribution >= 4 is 46.4 Å². The normalized spacial score (nSPS) is 33.0. The molecule has 0 aromatic heterocycles. The zero-order chi connectivity index (χ0) is 10.4. The molecule has 0 nitrogen and oxygen atoms in total. The van der Waals surface area contributed by atoms with E-state index in [1.807, 2.05) is 0 Å². The Hall–Kier alpha value is 0.900. The Morgan fingerprint density at radius 3 is 1.92 bits per heavy atom. The first kappa shape index (κ1) is 12.0. The topological polar surface area (TPSA) is 0 Å². The van der Waals surface area contributed by atoms with Crippen molar-refractivity contribution in [3.05, 3.63) is 9.52 Å². The molecular formula is C9H12Cl4. The molecule has 1 aliphatic carbocycles. The standard InChI is InChI=1S/C9H12Cl4/c1-8(2,3)5-4-9(5,13)6(10)7(11)12/h5H,4H2,1-3H3/t5-,9+/m1/s1. The smallest absolute Gasteiger partial charge is 0.113 e. The fourth-order valence-corrected chi connectivity index (χ4v) is 2.85. The lowest BCUT2D eigenvalue weighted by atomic mass is 9.89. The van der Waals surface area contributed by atoms with E-state index in [0.717, 1.165) is 6.42 Å². The molecule has 0 bridgehead atoms. The van der Waals surface area contributed by atoms with Crippen LogP contribution >= 0.6 is 46.4 Å². The molecule has 0 aromatic carbocycles. The lowest BCUT2D eigenvalue weighted by Gasteiger charge is -2.20. The van der Waals surface area contributed by atoms with Crippen molar-refractivity contribution in [3.63, 3.8) is 0 Å². The van der Waals surface area contributed by atoms with Crippen LogP contribution in [-0.4, -0.2) is 4.87 Å². The van der Waals surface area contributed by atoms with E-state index in [0.29, 0.717) is 11.0 Å². The molecule has 1 fully saturated rings. The van der Waals surface area contributed by atoms with Crippen LogP contribution in [0.25, 0.3) is 0 Å². The number of rotatable bonds is 1. The summed E-state index contributed by atoms with van der Waals surface area (Å²) in [6.07, 6.45) is 0.847. The lowest BCUT2D eigenvalue weighted by Crippen LogP contribution is -2.16. The highest BCUT2D eigenvalue weighted by atomic mass is 35.5. The fourth-order valence-electron chi connectivity index (χ4n) is 1.63. The van der Waals surface area contributed by atoms with Crippen molar-refractivity contribution in [1.82, 2.24) is 0 Å². The van der Waals surface area contributed by atoms with Crippen LogP contribution in [0.4, 0.5) is 0 Å². The second-order valence-corrected chi connectivity index (χ2v) is 6.56. The van der Waals surface area contributed by atoms with Crippen LogP contribution in [0.15, 0.2) is 9.52 Å². The predicted molar refractivity (Wildman–Crippen MR) is 60.7 cm³/mol. The van der Waals surface area contributed by atoms with Crippen LogP contribution in [-0.2, 0) is 0 Å². The van der Waals surface area contributed by atoms with E-state index in [1.165, 1.54) is 0 Å². The molecule has 4 heteroatoms. The third-order valence-electron chi connectivity index (χ3n) is 2.47. The van der Waals surface area contributed by atoms with E-state index in [4.69, 9.17) is 46.4 Å². The van der Waals surface area contributed by atoms with Gasteiger partial charge in [-0.05, 0) is 17.8 Å². The summed E-state index contributed by atoms with van der Waals surface area (Å²) in [5.41, 5.74) is 0.144. The highest BCUT2D eigenvalue weighted by Crippen LogP contribution is 2.63. The first-order valence-electron chi connectivity index (χ1n) is 4.10. The lowest BCUT2D eigenvalue weighted by molar-refractivity contribution is 0.343. The maximum Gasteiger partial charge on any atom is 0.123 e. The Morgan fingerprint density at radius 1 is 1.23 bits per heavy atom. The van der Waals surface area contributed by atoms with Crippen LogP contribution in [0.5, 0.6) is 0 Å². The molecule has 0 aliphatic heterocycles. The number of hydrogen-bond acceptors (Lipinski definition) is 0. The van der Waals surface area contributed by atoms with Gasteiger partial charge >= 0.3 is 0 Å². The van der Waals surface area contributed by atoms with E-state index in [-0.39, 0.29) is 9.91 Å². The third-order valence-corrected chi connectivity index (χ3v) is 4.27. The molecule has 0 heterocycles. The van der Waals surface area contributed by atoms with Crippen molar-refractivity contribution < 1.29 is 0 Å². The average Bonchev–Trinajstić information content (AvgIpc) is 2.61. The first-order chi connectivity index (χ1) is 5.69. The quantitative estimate of drug-likeness (QED) is 0.588. The monoisotopic (exact) mass is 260 g/mol. The fraction of sp³-hybridized carbons (Fsp3) is 0.778. The molecule has 1 aliphatic rings. The summed E-state index contributed by atoms with van der Waals surface area (Å²) in [4.78, 5) is -0.515. The Morgan fingerprint density at radius 2 is 1.69 bits per heavy atom. The van der Waals surface area contributed by atoms with Gasteiger partial charge < -0.3 is 0 Å². The van der Waals surface area contributed by atoms with Gasteiger partial charge in [0, 0.05) is 0 Å². The maximum absolute atomic E-state index is 6.28. The Bertz CT molecular complexity index is 247. The summed E-state index contributed by atoms with van der Waals surface area (Å²) in [7, 11) is 0. The average molecular weight is 262 g/mol. The molecule has 0 saturated heterocycles. The van der Waals surface area contributed by atoms with Crippen molar-refractivity contribution in [2.45, 2.75) is 32.1 Å². The van der Waals surface area contributed by atoms with Crippen molar-refractivity contribution in [2.75, 3.05) is 0 Å². The molecule has 0 N–H and O–H groups in total. The molecule has 2 atom stereocenters. The minimum Gasteiger partial charge on any atom is -0.113 e. The molecule has 0 spiro atoms. The van der Waals surface area contributed by atoms with E-state index in [9.17, 15) is 0 Å². The van der Waals surface area contributed by atoms with Gasteiger partial charge in [-0.3, -0.25) is 0 Å². The third kappa shape index (κ3) is 2.28. The summed E-state index contributed by atoms with van der Waals surface area (Å²) >= 11 is 23.4. The molecule has 76 valence electrons. The first-order valence-corrected chi connectivity index (χ1v) is 5.61. The van der Waals surface area contributed by atoms with Crippen LogP contribution in [0.2, 0.25) is 0 Å². The van der Waals surface area contributed by atoms with Gasteiger partial charge in [-0.1, -0.05) is 55.6 Å². The van der Waals surface area contributed by atoms with E-state index in [2.05, 4.69) is 20.8 Å². The van der Waals surface area contributed by atoms with E-state index < -0.39 is 4.87 Å². The molecule has 0 amide bonds. The second kappa shape index (κ2) is 3.48. The summed E-state index contributed by atoms with van der Waals surface area (Å²) in [5.74, 6) is 0.349. The number of allylic oxidation sites excluding steroid dienone is 1. The second-order valence-electron chi connectivity index (χ2n) is 4.56. The molecule has 0 unspecified atom stereocenters. The number of alkyl halides is 1. The number of hydrogen-bond donors (Lipinski definition) is 0. The summed E-state index contributed by atoms with van der Waals surface area (Å²) in [5, 5.41) is 0.387. The zero-order valence-electron chi connectivity index (χ0n) is 7.80. The van der Waals surface area contributed by atoms with Crippen molar-refractivity contribution in [1.29, 1.82) is 0 Å². The van der Waals surface area contributed by atoms with Gasteiger partial charge in [0.05, 0.1) is 9.91 Å². The Kier molecular flexibility index (Phi) is 3.21. The largest absolute Gasteiger partial charge is 0.123 e. The highest BCUT2D eigenvalue weighted by Gasteiger charge is 2.60. The summed E-state index contributed by atoms with van der Waals surface area (Å²) in [6.45, 7) is 6.40. The van der Waals surface area contributed by atoms with Crippen LogP contribution in [0.1, 0.15) is 27.2 Å². The Labute approximate surface area is 99.2 Å². The van der Waals surface area contributed by atoms with E-state index >= 15 is 0 Å². The molecule has 13 heavy (non-hydrogen) atoms. The molecular weight excluding hydrogens is 250 g/mol. The SMILES string of the molecule is CC(C)(C)[C@H]1C[C@@]1(Cl)C(Cl)=C(Cl)Cl. The Balaban J connectivity index is 2.83. The van der Waals surface area contributed by atoms with Gasteiger partial charge in [0.2, 0.25) is 0 Å². The minimum atomic E-state index is -0.515. The predicted octanol–water partition coefficient (Wildman–Crippen LogP) is 4.92. The highest BCUT2D eigenvalue weighted by molar-refractivity contribution is 6.60. The van der Waals surface area contributed by atoms with Crippen LogP contribution in [0.3, 0.4) is 0 Å². The minimum absolute atomic E-state index is 0.0865. The van der Waals surface area contributed by atoms with Crippen LogP contribution < -0.4 is 0 Å². The van der Waals surface area contributed by atoms with Gasteiger partial charge in [-0.25, -0.2) is 0 Å². The van der Waals surface area contributed by atoms with E-state index in [1.54, 1.807) is 0 Å². The van der Waals surface area contributed by atoms with Gasteiger partial charge in [0.25, 0.3) is 0 Å². The maximum atomic E-state index is 6.28. The number of halogens is 4. The van der Waals surface area contributed by atoms with Gasteiger partial charge in [-0.15, -0.1) is 11.6 Å². The molecule has 1 rings (SSSR count). The van der Waals surface area contributed by atoms with Gasteiger partial charge in [-0.2, -0.15) is 0 Å². The molecule has 0 radical (unpaired) electrons. The summed E-state index contributed by atoms with van der Waals surface area (Å²) in [6, 6.07) is 0. The zero-order valence-corrected chi connectivity index (χ0v) is 10.8.